The molecule has 0 aliphatic heterocycles. The molecule has 0 spiro atoms. The van der Waals surface area contributed by atoms with E-state index in [1.165, 1.54) is 0 Å². The quantitative estimate of drug-likeness (QED) is 0.709. The number of pyridine rings is 1. The van der Waals surface area contributed by atoms with Crippen LogP contribution in [0, 0.1) is 0 Å². The van der Waals surface area contributed by atoms with Crippen LogP contribution < -0.4 is 5.32 Å². The average molecular weight is 304 g/mol. The van der Waals surface area contributed by atoms with E-state index in [0.29, 0.717) is 23.7 Å². The number of nitrogens with zero attached hydrogens (tertiary/aromatic N) is 2. The zero-order chi connectivity index (χ0) is 14.7. The fraction of sp³-hybridized carbons (Fsp3) is 0.200. The molecule has 3 aromatic rings. The highest BCUT2D eigenvalue weighted by atomic mass is 35.5. The van der Waals surface area contributed by atoms with Gasteiger partial charge in [0.2, 0.25) is 5.89 Å². The normalized spacial score (nSPS) is 12.5. The number of anilines is 1. The first-order valence-corrected chi connectivity index (χ1v) is 7.09. The molecule has 2 N–H and O–H groups in total. The zero-order valence-corrected chi connectivity index (χ0v) is 11.9. The zero-order valence-electron chi connectivity index (χ0n) is 11.2. The summed E-state index contributed by atoms with van der Waals surface area (Å²) in [5.41, 5.74) is 2.98. The molecule has 6 heteroatoms. The lowest BCUT2D eigenvalue weighted by atomic mass is 10.2. The molecule has 0 saturated carbocycles. The Bertz CT molecular complexity index is 730. The van der Waals surface area contributed by atoms with E-state index in [9.17, 15) is 5.11 Å². The highest BCUT2D eigenvalue weighted by Crippen LogP contribution is 2.24. The summed E-state index contributed by atoms with van der Waals surface area (Å²) in [4.78, 5) is 8.65. The molecule has 108 valence electrons. The molecule has 0 fully saturated rings. The van der Waals surface area contributed by atoms with Gasteiger partial charge in [-0.2, -0.15) is 0 Å². The van der Waals surface area contributed by atoms with E-state index in [-0.39, 0.29) is 5.88 Å². The summed E-state index contributed by atoms with van der Waals surface area (Å²) < 4.78 is 5.68. The van der Waals surface area contributed by atoms with Crippen molar-refractivity contribution in [2.24, 2.45) is 0 Å². The number of fused-ring (bicyclic) bond motifs is 1. The standard InChI is InChI=1S/C15H14ClN3O2/c16-8-11(20)9-18-10-4-5-14-13(7-10)19-15(21-14)12-3-1-2-6-17-12/h1-7,11,18,20H,8-9H2. The largest absolute Gasteiger partial charge is 0.435 e. The molecular weight excluding hydrogens is 290 g/mol. The van der Waals surface area contributed by atoms with Gasteiger partial charge in [-0.3, -0.25) is 4.98 Å². The Kier molecular flexibility index (Phi) is 4.03. The predicted octanol–water partition coefficient (Wildman–Crippen LogP) is 2.90. The number of aromatic nitrogens is 2. The molecule has 1 unspecified atom stereocenters. The van der Waals surface area contributed by atoms with Crippen LogP contribution in [0.1, 0.15) is 0 Å². The fourth-order valence-corrected chi connectivity index (χ4v) is 2.04. The van der Waals surface area contributed by atoms with Gasteiger partial charge in [-0.05, 0) is 30.3 Å². The number of nitrogens with one attached hydrogen (secondary N) is 1. The van der Waals surface area contributed by atoms with Gasteiger partial charge in [0, 0.05) is 18.4 Å². The SMILES string of the molecule is OC(CCl)CNc1ccc2oc(-c3ccccn3)nc2c1. The number of aliphatic hydroxyl groups is 1. The van der Waals surface area contributed by atoms with Crippen LogP contribution in [-0.4, -0.2) is 33.6 Å². The molecule has 0 aliphatic rings. The molecule has 21 heavy (non-hydrogen) atoms. The first-order valence-electron chi connectivity index (χ1n) is 6.56. The topological polar surface area (TPSA) is 71.2 Å². The monoisotopic (exact) mass is 303 g/mol. The highest BCUT2D eigenvalue weighted by molar-refractivity contribution is 6.18. The van der Waals surface area contributed by atoms with Crippen molar-refractivity contribution in [3.8, 4) is 11.6 Å². The maximum absolute atomic E-state index is 9.45. The molecule has 0 amide bonds. The van der Waals surface area contributed by atoms with Gasteiger partial charge >= 0.3 is 0 Å². The summed E-state index contributed by atoms with van der Waals surface area (Å²) in [6.07, 6.45) is 1.12. The molecular formula is C15H14ClN3O2. The van der Waals surface area contributed by atoms with Crippen LogP contribution in [-0.2, 0) is 0 Å². The number of benzene rings is 1. The number of hydrogen-bond acceptors (Lipinski definition) is 5. The Balaban J connectivity index is 1.85. The molecule has 0 radical (unpaired) electrons. The Labute approximate surface area is 126 Å². The summed E-state index contributed by atoms with van der Waals surface area (Å²) in [7, 11) is 0. The molecule has 3 rings (SSSR count). The van der Waals surface area contributed by atoms with Gasteiger partial charge in [-0.1, -0.05) is 6.07 Å². The number of alkyl halides is 1. The van der Waals surface area contributed by atoms with Crippen LogP contribution in [0.3, 0.4) is 0 Å². The lowest BCUT2D eigenvalue weighted by Gasteiger charge is -2.09. The molecule has 1 aromatic carbocycles. The van der Waals surface area contributed by atoms with Crippen molar-refractivity contribution in [2.75, 3.05) is 17.7 Å². The minimum atomic E-state index is -0.580. The third-order valence-electron chi connectivity index (χ3n) is 2.99. The molecule has 0 aliphatic carbocycles. The first kappa shape index (κ1) is 13.9. The smallest absolute Gasteiger partial charge is 0.246 e. The predicted molar refractivity (Wildman–Crippen MR) is 82.5 cm³/mol. The van der Waals surface area contributed by atoms with E-state index >= 15 is 0 Å². The van der Waals surface area contributed by atoms with Gasteiger partial charge < -0.3 is 14.8 Å². The Morgan fingerprint density at radius 2 is 2.19 bits per heavy atom. The van der Waals surface area contributed by atoms with E-state index < -0.39 is 6.10 Å². The summed E-state index contributed by atoms with van der Waals surface area (Å²) in [5, 5.41) is 12.6. The van der Waals surface area contributed by atoms with Crippen molar-refractivity contribution in [2.45, 2.75) is 6.10 Å². The fourth-order valence-electron chi connectivity index (χ4n) is 1.93. The molecule has 2 aromatic heterocycles. The third kappa shape index (κ3) is 3.15. The van der Waals surface area contributed by atoms with Crippen molar-refractivity contribution < 1.29 is 9.52 Å². The number of halogens is 1. The number of oxazole rings is 1. The maximum Gasteiger partial charge on any atom is 0.246 e. The van der Waals surface area contributed by atoms with E-state index in [1.807, 2.05) is 36.4 Å². The van der Waals surface area contributed by atoms with Crippen molar-refractivity contribution in [1.82, 2.24) is 9.97 Å². The van der Waals surface area contributed by atoms with Crippen LogP contribution in [0.2, 0.25) is 0 Å². The van der Waals surface area contributed by atoms with E-state index in [4.69, 9.17) is 16.0 Å². The minimum Gasteiger partial charge on any atom is -0.435 e. The van der Waals surface area contributed by atoms with Crippen LogP contribution >= 0.6 is 11.6 Å². The Morgan fingerprint density at radius 3 is 2.95 bits per heavy atom. The van der Waals surface area contributed by atoms with Crippen molar-refractivity contribution in [1.29, 1.82) is 0 Å². The van der Waals surface area contributed by atoms with Crippen molar-refractivity contribution >= 4 is 28.4 Å². The molecule has 0 bridgehead atoms. The summed E-state index contributed by atoms with van der Waals surface area (Å²) in [6.45, 7) is 0.389. The number of aliphatic hydroxyl groups excluding tert-OH is 1. The van der Waals surface area contributed by atoms with Crippen molar-refractivity contribution in [3.05, 3.63) is 42.6 Å². The first-order chi connectivity index (χ1) is 10.3. The average Bonchev–Trinajstić information content (AvgIpc) is 2.96. The lowest BCUT2D eigenvalue weighted by molar-refractivity contribution is 0.211. The second-order valence-electron chi connectivity index (χ2n) is 4.61. The van der Waals surface area contributed by atoms with E-state index in [2.05, 4.69) is 15.3 Å². The van der Waals surface area contributed by atoms with Gasteiger partial charge in [0.25, 0.3) is 0 Å². The van der Waals surface area contributed by atoms with Gasteiger partial charge in [-0.15, -0.1) is 11.6 Å². The Hall–Kier alpha value is -2.11. The van der Waals surface area contributed by atoms with E-state index in [0.717, 1.165) is 11.2 Å². The minimum absolute atomic E-state index is 0.197. The molecule has 5 nitrogen and oxygen atoms in total. The third-order valence-corrected chi connectivity index (χ3v) is 3.35. The molecule has 1 atom stereocenters. The summed E-state index contributed by atoms with van der Waals surface area (Å²) in [6, 6.07) is 11.2. The van der Waals surface area contributed by atoms with Gasteiger partial charge in [0.05, 0.1) is 12.0 Å². The van der Waals surface area contributed by atoms with Gasteiger partial charge in [-0.25, -0.2) is 4.98 Å². The van der Waals surface area contributed by atoms with Crippen molar-refractivity contribution in [3.63, 3.8) is 0 Å². The van der Waals surface area contributed by atoms with Gasteiger partial charge in [0.1, 0.15) is 11.2 Å². The van der Waals surface area contributed by atoms with Gasteiger partial charge in [0.15, 0.2) is 5.58 Å². The van der Waals surface area contributed by atoms with Crippen LogP contribution in [0.5, 0.6) is 0 Å². The number of hydrogen-bond donors (Lipinski definition) is 2. The lowest BCUT2D eigenvalue weighted by Crippen LogP contribution is -2.20. The van der Waals surface area contributed by atoms with Crippen LogP contribution in [0.4, 0.5) is 5.69 Å². The second-order valence-corrected chi connectivity index (χ2v) is 4.91. The number of rotatable bonds is 5. The van der Waals surface area contributed by atoms with Crippen LogP contribution in [0.25, 0.3) is 22.7 Å². The highest BCUT2D eigenvalue weighted by Gasteiger charge is 2.09. The summed E-state index contributed by atoms with van der Waals surface area (Å²) in [5.74, 6) is 0.687. The van der Waals surface area contributed by atoms with Crippen LogP contribution in [0.15, 0.2) is 47.0 Å². The maximum atomic E-state index is 9.45. The Morgan fingerprint density at radius 1 is 1.29 bits per heavy atom. The second kappa shape index (κ2) is 6.11. The van der Waals surface area contributed by atoms with E-state index in [1.54, 1.807) is 6.20 Å². The summed E-state index contributed by atoms with van der Waals surface area (Å²) >= 11 is 5.56. The molecule has 0 saturated heterocycles. The molecule has 2 heterocycles.